The van der Waals surface area contributed by atoms with Crippen LogP contribution in [-0.4, -0.2) is 48.3 Å². The number of rotatable bonds is 4. The normalized spacial score (nSPS) is 11.2. The number of carbonyl (C=O) groups is 1. The molecule has 0 unspecified atom stereocenters. The van der Waals surface area contributed by atoms with Crippen LogP contribution in [0.3, 0.4) is 0 Å². The number of amides is 1. The maximum Gasteiger partial charge on any atom is 0.416 e. The first-order valence-corrected chi connectivity index (χ1v) is 5.40. The molecule has 1 amide bonds. The van der Waals surface area contributed by atoms with E-state index in [-0.39, 0.29) is 18.9 Å². The molecular formula is C11H14F3N3O2. The molecule has 0 spiro atoms. The van der Waals surface area contributed by atoms with E-state index in [1.165, 1.54) is 11.9 Å². The van der Waals surface area contributed by atoms with Crippen molar-refractivity contribution in [3.05, 3.63) is 23.9 Å². The predicted octanol–water partition coefficient (Wildman–Crippen LogP) is 2.15. The third kappa shape index (κ3) is 4.31. The van der Waals surface area contributed by atoms with Gasteiger partial charge in [-0.2, -0.15) is 13.2 Å². The van der Waals surface area contributed by atoms with Gasteiger partial charge in [0.1, 0.15) is 5.82 Å². The van der Waals surface area contributed by atoms with Crippen LogP contribution in [0.25, 0.3) is 0 Å². The van der Waals surface area contributed by atoms with E-state index in [9.17, 15) is 18.0 Å². The fourth-order valence-corrected chi connectivity index (χ4v) is 1.31. The summed E-state index contributed by atoms with van der Waals surface area (Å²) in [7, 11) is 2.94. The summed E-state index contributed by atoms with van der Waals surface area (Å²) >= 11 is 0. The number of anilines is 1. The Labute approximate surface area is 108 Å². The highest BCUT2D eigenvalue weighted by molar-refractivity contribution is 5.64. The summed E-state index contributed by atoms with van der Waals surface area (Å²) < 4.78 is 37.6. The Morgan fingerprint density at radius 3 is 2.53 bits per heavy atom. The third-order valence-electron chi connectivity index (χ3n) is 2.56. The first kappa shape index (κ1) is 15.1. The van der Waals surface area contributed by atoms with Crippen LogP contribution in [0.2, 0.25) is 0 Å². The molecule has 0 saturated heterocycles. The molecular weight excluding hydrogens is 263 g/mol. The van der Waals surface area contributed by atoms with Gasteiger partial charge in [-0.05, 0) is 12.1 Å². The molecule has 1 heterocycles. The number of aromatic nitrogens is 1. The Balaban J connectivity index is 2.72. The minimum Gasteiger partial charge on any atom is -0.465 e. The molecule has 0 radical (unpaired) electrons. The molecule has 106 valence electrons. The van der Waals surface area contributed by atoms with Crippen molar-refractivity contribution in [2.24, 2.45) is 0 Å². The fourth-order valence-electron chi connectivity index (χ4n) is 1.31. The summed E-state index contributed by atoms with van der Waals surface area (Å²) in [4.78, 5) is 16.9. The van der Waals surface area contributed by atoms with Crippen molar-refractivity contribution in [3.8, 4) is 0 Å². The summed E-state index contributed by atoms with van der Waals surface area (Å²) in [6.45, 7) is 0.418. The number of carboxylic acid groups (broad SMARTS) is 1. The lowest BCUT2D eigenvalue weighted by Gasteiger charge is -2.22. The number of nitrogens with zero attached hydrogens (tertiary/aromatic N) is 3. The third-order valence-corrected chi connectivity index (χ3v) is 2.56. The monoisotopic (exact) mass is 277 g/mol. The quantitative estimate of drug-likeness (QED) is 0.916. The van der Waals surface area contributed by atoms with Crippen molar-refractivity contribution in [1.29, 1.82) is 0 Å². The highest BCUT2D eigenvalue weighted by atomic mass is 19.4. The lowest BCUT2D eigenvalue weighted by Crippen LogP contribution is -2.34. The molecule has 1 aromatic rings. The second-order valence-electron chi connectivity index (χ2n) is 4.03. The molecule has 1 rings (SSSR count). The van der Waals surface area contributed by atoms with Gasteiger partial charge in [0.15, 0.2) is 0 Å². The van der Waals surface area contributed by atoms with Crippen LogP contribution in [0.1, 0.15) is 5.56 Å². The topological polar surface area (TPSA) is 56.7 Å². The SMILES string of the molecule is CN(CCN(C)c1cc(C(F)(F)F)ccn1)C(=O)O. The maximum atomic E-state index is 12.5. The van der Waals surface area contributed by atoms with Crippen LogP contribution < -0.4 is 4.90 Å². The number of hydrogen-bond donors (Lipinski definition) is 1. The summed E-state index contributed by atoms with van der Waals surface area (Å²) in [6, 6.07) is 1.82. The van der Waals surface area contributed by atoms with E-state index in [1.54, 1.807) is 7.05 Å². The number of hydrogen-bond acceptors (Lipinski definition) is 3. The molecule has 0 aliphatic heterocycles. The zero-order chi connectivity index (χ0) is 14.6. The van der Waals surface area contributed by atoms with Gasteiger partial charge in [-0.1, -0.05) is 0 Å². The fraction of sp³-hybridized carbons (Fsp3) is 0.455. The van der Waals surface area contributed by atoms with Gasteiger partial charge < -0.3 is 14.9 Å². The zero-order valence-electron chi connectivity index (χ0n) is 10.5. The predicted molar refractivity (Wildman–Crippen MR) is 63.2 cm³/mol. The molecule has 0 aromatic carbocycles. The van der Waals surface area contributed by atoms with Crippen molar-refractivity contribution < 1.29 is 23.1 Å². The average Bonchev–Trinajstić information content (AvgIpc) is 2.34. The molecule has 0 aliphatic rings. The van der Waals surface area contributed by atoms with Gasteiger partial charge >= 0.3 is 12.3 Å². The van der Waals surface area contributed by atoms with Crippen molar-refractivity contribution in [2.75, 3.05) is 32.1 Å². The van der Waals surface area contributed by atoms with Crippen LogP contribution >= 0.6 is 0 Å². The molecule has 1 N–H and O–H groups in total. The van der Waals surface area contributed by atoms with E-state index in [0.717, 1.165) is 23.2 Å². The van der Waals surface area contributed by atoms with Gasteiger partial charge in [0.25, 0.3) is 0 Å². The molecule has 0 atom stereocenters. The molecule has 0 aliphatic carbocycles. The van der Waals surface area contributed by atoms with E-state index >= 15 is 0 Å². The Hall–Kier alpha value is -1.99. The minimum absolute atomic E-state index is 0.147. The van der Waals surface area contributed by atoms with E-state index in [4.69, 9.17) is 5.11 Å². The Morgan fingerprint density at radius 1 is 1.37 bits per heavy atom. The number of pyridine rings is 1. The van der Waals surface area contributed by atoms with Crippen LogP contribution in [0.5, 0.6) is 0 Å². The lowest BCUT2D eigenvalue weighted by atomic mass is 10.2. The van der Waals surface area contributed by atoms with Crippen LogP contribution in [-0.2, 0) is 6.18 Å². The van der Waals surface area contributed by atoms with Gasteiger partial charge in [-0.15, -0.1) is 0 Å². The Bertz CT molecular complexity index is 451. The Kier molecular flexibility index (Phi) is 4.57. The van der Waals surface area contributed by atoms with Crippen molar-refractivity contribution in [2.45, 2.75) is 6.18 Å². The van der Waals surface area contributed by atoms with Gasteiger partial charge in [0, 0.05) is 33.4 Å². The zero-order valence-corrected chi connectivity index (χ0v) is 10.5. The molecule has 5 nitrogen and oxygen atoms in total. The smallest absolute Gasteiger partial charge is 0.416 e. The van der Waals surface area contributed by atoms with Crippen LogP contribution in [0.15, 0.2) is 18.3 Å². The summed E-state index contributed by atoms with van der Waals surface area (Å²) in [5.74, 6) is 0.147. The van der Waals surface area contributed by atoms with E-state index in [0.29, 0.717) is 0 Å². The lowest BCUT2D eigenvalue weighted by molar-refractivity contribution is -0.137. The molecule has 8 heteroatoms. The summed E-state index contributed by atoms with van der Waals surface area (Å²) in [5.41, 5.74) is -0.782. The summed E-state index contributed by atoms with van der Waals surface area (Å²) in [5, 5.41) is 8.66. The van der Waals surface area contributed by atoms with Crippen molar-refractivity contribution in [3.63, 3.8) is 0 Å². The summed E-state index contributed by atoms with van der Waals surface area (Å²) in [6.07, 6.45) is -4.43. The molecule has 0 fully saturated rings. The maximum absolute atomic E-state index is 12.5. The van der Waals surface area contributed by atoms with Crippen molar-refractivity contribution in [1.82, 2.24) is 9.88 Å². The van der Waals surface area contributed by atoms with Gasteiger partial charge in [0.05, 0.1) is 5.56 Å². The van der Waals surface area contributed by atoms with Crippen molar-refractivity contribution >= 4 is 11.9 Å². The second kappa shape index (κ2) is 5.77. The first-order chi connectivity index (χ1) is 8.71. The average molecular weight is 277 g/mol. The molecule has 0 bridgehead atoms. The van der Waals surface area contributed by atoms with Crippen LogP contribution in [0.4, 0.5) is 23.8 Å². The van der Waals surface area contributed by atoms with Gasteiger partial charge in [0.2, 0.25) is 0 Å². The Morgan fingerprint density at radius 2 is 2.00 bits per heavy atom. The standard InChI is InChI=1S/C11H14F3N3O2/c1-16(5-6-17(2)10(18)19)9-7-8(3-4-15-9)11(12,13)14/h3-4,7H,5-6H2,1-2H3,(H,18,19). The van der Waals surface area contributed by atoms with Gasteiger partial charge in [-0.3, -0.25) is 0 Å². The first-order valence-electron chi connectivity index (χ1n) is 5.40. The highest BCUT2D eigenvalue weighted by Crippen LogP contribution is 2.30. The number of likely N-dealkylation sites (N-methyl/N-ethyl adjacent to an activating group) is 2. The molecule has 19 heavy (non-hydrogen) atoms. The molecule has 1 aromatic heterocycles. The number of alkyl halides is 3. The van der Waals surface area contributed by atoms with E-state index < -0.39 is 17.8 Å². The van der Waals surface area contributed by atoms with Crippen LogP contribution in [0, 0.1) is 0 Å². The van der Waals surface area contributed by atoms with E-state index in [1.807, 2.05) is 0 Å². The highest BCUT2D eigenvalue weighted by Gasteiger charge is 2.31. The van der Waals surface area contributed by atoms with E-state index in [2.05, 4.69) is 4.98 Å². The number of halogens is 3. The van der Waals surface area contributed by atoms with Gasteiger partial charge in [-0.25, -0.2) is 9.78 Å². The molecule has 0 saturated carbocycles. The largest absolute Gasteiger partial charge is 0.465 e. The minimum atomic E-state index is -4.42. The second-order valence-corrected chi connectivity index (χ2v) is 4.03.